The van der Waals surface area contributed by atoms with Crippen LogP contribution >= 0.6 is 0 Å². The average Bonchev–Trinajstić information content (AvgIpc) is 2.46. The summed E-state index contributed by atoms with van der Waals surface area (Å²) < 4.78 is 2.31. The van der Waals surface area contributed by atoms with E-state index >= 15 is 0 Å². The van der Waals surface area contributed by atoms with E-state index in [1.54, 1.807) is 10.8 Å². The summed E-state index contributed by atoms with van der Waals surface area (Å²) in [6.45, 7) is 14.2. The molecule has 0 aliphatic carbocycles. The highest BCUT2D eigenvalue weighted by molar-refractivity contribution is 6.89. The second-order valence-corrected chi connectivity index (χ2v) is 12.6. The Balaban J connectivity index is 2.71. The Bertz CT molecular complexity index is 668. The molecule has 0 amide bonds. The molecule has 0 N–H and O–H groups in total. The lowest BCUT2D eigenvalue weighted by atomic mass is 9.98. The van der Waals surface area contributed by atoms with Gasteiger partial charge >= 0.3 is 0 Å². The number of nitrogens with zero attached hydrogens (tertiary/aromatic N) is 1. The molecule has 0 radical (unpaired) electrons. The summed E-state index contributed by atoms with van der Waals surface area (Å²) in [6.07, 6.45) is 3.57. The van der Waals surface area contributed by atoms with Gasteiger partial charge in [-0.15, -0.1) is 0 Å². The molecule has 2 aromatic rings. The van der Waals surface area contributed by atoms with E-state index in [0.717, 1.165) is 0 Å². The lowest BCUT2D eigenvalue weighted by molar-refractivity contribution is -0.660. The quantitative estimate of drug-likeness (QED) is 0.576. The Labute approximate surface area is 137 Å². The topological polar surface area (TPSA) is 3.88 Å². The molecule has 118 valence electrons. The van der Waals surface area contributed by atoms with Crippen molar-refractivity contribution in [2.24, 2.45) is 7.05 Å². The van der Waals surface area contributed by atoms with Crippen LogP contribution in [-0.4, -0.2) is 8.07 Å². The zero-order chi connectivity index (χ0) is 16.5. The van der Waals surface area contributed by atoms with Gasteiger partial charge in [-0.05, 0) is 36.1 Å². The van der Waals surface area contributed by atoms with Crippen molar-refractivity contribution < 1.29 is 4.57 Å². The van der Waals surface area contributed by atoms with Crippen LogP contribution in [-0.2, 0) is 7.05 Å². The van der Waals surface area contributed by atoms with Crippen LogP contribution in [0.3, 0.4) is 0 Å². The molecule has 1 atom stereocenters. The minimum absolute atomic E-state index is 0.624. The molecule has 0 aliphatic heterocycles. The summed E-state index contributed by atoms with van der Waals surface area (Å²) in [6, 6.07) is 11.2. The largest absolute Gasteiger partial charge is 0.212 e. The molecule has 1 aromatic heterocycles. The van der Waals surface area contributed by atoms with Gasteiger partial charge in [-0.1, -0.05) is 51.7 Å². The Morgan fingerprint density at radius 2 is 1.77 bits per heavy atom. The SMILES string of the molecule is CCC(C)c1c[n+](C)c(-c2ccccc2C)cc1[Si](C)(C)C. The zero-order valence-corrected chi connectivity index (χ0v) is 16.2. The van der Waals surface area contributed by atoms with Crippen LogP contribution in [0.25, 0.3) is 11.3 Å². The van der Waals surface area contributed by atoms with Crippen molar-refractivity contribution in [3.05, 3.63) is 47.7 Å². The zero-order valence-electron chi connectivity index (χ0n) is 15.2. The maximum absolute atomic E-state index is 2.47. The second-order valence-electron chi connectivity index (χ2n) is 7.51. The Kier molecular flexibility index (Phi) is 4.91. The maximum Gasteiger partial charge on any atom is 0.212 e. The molecule has 0 spiro atoms. The number of aromatic nitrogens is 1. The van der Waals surface area contributed by atoms with Crippen molar-refractivity contribution >= 4 is 13.3 Å². The van der Waals surface area contributed by atoms with Gasteiger partial charge in [0, 0.05) is 17.2 Å². The van der Waals surface area contributed by atoms with Gasteiger partial charge in [0.15, 0.2) is 6.20 Å². The fourth-order valence-corrected chi connectivity index (χ4v) is 4.81. The first kappa shape index (κ1) is 16.9. The number of hydrogen-bond donors (Lipinski definition) is 0. The third-order valence-electron chi connectivity index (χ3n) is 4.68. The summed E-state index contributed by atoms with van der Waals surface area (Å²) in [5.74, 6) is 0.624. The summed E-state index contributed by atoms with van der Waals surface area (Å²) >= 11 is 0. The van der Waals surface area contributed by atoms with E-state index in [1.165, 1.54) is 23.2 Å². The summed E-state index contributed by atoms with van der Waals surface area (Å²) in [5, 5.41) is 1.61. The van der Waals surface area contributed by atoms with Crippen LogP contribution in [0.15, 0.2) is 36.5 Å². The number of rotatable bonds is 4. The van der Waals surface area contributed by atoms with E-state index in [4.69, 9.17) is 0 Å². The second kappa shape index (κ2) is 6.37. The van der Waals surface area contributed by atoms with Gasteiger partial charge in [0.1, 0.15) is 7.05 Å². The molecule has 0 aliphatic rings. The molecule has 1 aromatic carbocycles. The first-order valence-corrected chi connectivity index (χ1v) is 11.9. The molecule has 0 bridgehead atoms. The van der Waals surface area contributed by atoms with Gasteiger partial charge in [0.25, 0.3) is 0 Å². The van der Waals surface area contributed by atoms with Crippen LogP contribution in [0, 0.1) is 6.92 Å². The normalized spacial score (nSPS) is 13.2. The highest BCUT2D eigenvalue weighted by Crippen LogP contribution is 2.24. The number of aryl methyl sites for hydroxylation is 2. The van der Waals surface area contributed by atoms with Gasteiger partial charge in [-0.25, -0.2) is 4.57 Å². The monoisotopic (exact) mass is 312 g/mol. The minimum Gasteiger partial charge on any atom is -0.201 e. The van der Waals surface area contributed by atoms with Crippen LogP contribution in [0.2, 0.25) is 19.6 Å². The predicted molar refractivity (Wildman–Crippen MR) is 99.5 cm³/mol. The van der Waals surface area contributed by atoms with Crippen LogP contribution < -0.4 is 9.75 Å². The number of benzene rings is 1. The molecule has 2 rings (SSSR count). The smallest absolute Gasteiger partial charge is 0.201 e. The Morgan fingerprint density at radius 3 is 2.32 bits per heavy atom. The van der Waals surface area contributed by atoms with E-state index in [2.05, 4.69) is 88.6 Å². The van der Waals surface area contributed by atoms with Crippen LogP contribution in [0.4, 0.5) is 0 Å². The van der Waals surface area contributed by atoms with E-state index in [9.17, 15) is 0 Å². The summed E-state index contributed by atoms with van der Waals surface area (Å²) in [5.41, 5.74) is 5.57. The molecular formula is C20H30NSi+. The first-order valence-electron chi connectivity index (χ1n) is 8.35. The molecule has 0 saturated heterocycles. The van der Waals surface area contributed by atoms with E-state index in [-0.39, 0.29) is 0 Å². The van der Waals surface area contributed by atoms with Gasteiger partial charge in [-0.3, -0.25) is 0 Å². The molecule has 0 saturated carbocycles. The summed E-state index contributed by atoms with van der Waals surface area (Å²) in [4.78, 5) is 0. The lowest BCUT2D eigenvalue weighted by Gasteiger charge is -2.23. The number of pyridine rings is 1. The van der Waals surface area contributed by atoms with Gasteiger partial charge in [0.2, 0.25) is 5.69 Å². The third-order valence-corrected chi connectivity index (χ3v) is 6.73. The molecular weight excluding hydrogens is 282 g/mol. The van der Waals surface area contributed by atoms with Crippen molar-refractivity contribution in [2.45, 2.75) is 52.8 Å². The highest BCUT2D eigenvalue weighted by atomic mass is 28.3. The standard InChI is InChI=1S/C20H30NSi/c1-8-15(2)18-14-21(4)19(13-20(18)22(5,6)7)17-12-10-9-11-16(17)3/h9-15H,8H2,1-7H3/q+1. The summed E-state index contributed by atoms with van der Waals surface area (Å²) in [7, 11) is 0.807. The van der Waals surface area contributed by atoms with Crippen molar-refractivity contribution in [3.8, 4) is 11.3 Å². The molecule has 2 heteroatoms. The third kappa shape index (κ3) is 3.32. The maximum atomic E-state index is 2.47. The lowest BCUT2D eigenvalue weighted by Crippen LogP contribution is -2.45. The van der Waals surface area contributed by atoms with Crippen molar-refractivity contribution in [2.75, 3.05) is 0 Å². The van der Waals surface area contributed by atoms with Gasteiger partial charge in [0.05, 0.1) is 8.07 Å². The first-order chi connectivity index (χ1) is 10.3. The fraction of sp³-hybridized carbons (Fsp3) is 0.450. The van der Waals surface area contributed by atoms with Crippen LogP contribution in [0.5, 0.6) is 0 Å². The minimum atomic E-state index is -1.37. The molecule has 1 unspecified atom stereocenters. The fourth-order valence-electron chi connectivity index (χ4n) is 3.06. The predicted octanol–water partition coefficient (Wildman–Crippen LogP) is 4.55. The highest BCUT2D eigenvalue weighted by Gasteiger charge is 2.27. The van der Waals surface area contributed by atoms with E-state index < -0.39 is 8.07 Å². The molecule has 22 heavy (non-hydrogen) atoms. The van der Waals surface area contributed by atoms with Gasteiger partial charge in [-0.2, -0.15) is 0 Å². The molecule has 0 fully saturated rings. The Morgan fingerprint density at radius 1 is 1.14 bits per heavy atom. The number of hydrogen-bond acceptors (Lipinski definition) is 0. The van der Waals surface area contributed by atoms with E-state index in [1.807, 2.05) is 0 Å². The van der Waals surface area contributed by atoms with Crippen LogP contribution in [0.1, 0.15) is 37.3 Å². The molecule has 1 heterocycles. The van der Waals surface area contributed by atoms with E-state index in [0.29, 0.717) is 5.92 Å². The van der Waals surface area contributed by atoms with Crippen molar-refractivity contribution in [1.29, 1.82) is 0 Å². The van der Waals surface area contributed by atoms with Gasteiger partial charge < -0.3 is 0 Å². The van der Waals surface area contributed by atoms with Crippen molar-refractivity contribution in [3.63, 3.8) is 0 Å². The Hall–Kier alpha value is -1.41. The average molecular weight is 313 g/mol. The molecule has 1 nitrogen and oxygen atoms in total. The van der Waals surface area contributed by atoms with Crippen molar-refractivity contribution in [1.82, 2.24) is 0 Å².